The second-order valence-electron chi connectivity index (χ2n) is 3.46. The van der Waals surface area contributed by atoms with Crippen LogP contribution in [0.2, 0.25) is 0 Å². The van der Waals surface area contributed by atoms with Crippen LogP contribution in [0.1, 0.15) is 0 Å². The van der Waals surface area contributed by atoms with Gasteiger partial charge in [-0.3, -0.25) is 0 Å². The number of anilines is 1. The van der Waals surface area contributed by atoms with Gasteiger partial charge in [0.25, 0.3) is 0 Å². The summed E-state index contributed by atoms with van der Waals surface area (Å²) >= 11 is 0. The molecule has 0 saturated heterocycles. The number of nitrogens with two attached hydrogens (primary N) is 1. The zero-order valence-electron chi connectivity index (χ0n) is 8.01. The molecule has 0 radical (unpaired) electrons. The lowest BCUT2D eigenvalue weighted by molar-refractivity contribution is 1.33. The highest BCUT2D eigenvalue weighted by Gasteiger charge is 2.00. The quantitative estimate of drug-likeness (QED) is 0.560. The monoisotopic (exact) mass is 195 g/mol. The van der Waals surface area contributed by atoms with Gasteiger partial charge >= 0.3 is 0 Å². The van der Waals surface area contributed by atoms with Gasteiger partial charge in [-0.25, -0.2) is 9.97 Å². The van der Waals surface area contributed by atoms with Crippen LogP contribution in [0.3, 0.4) is 0 Å². The van der Waals surface area contributed by atoms with Gasteiger partial charge in [-0.1, -0.05) is 18.2 Å². The van der Waals surface area contributed by atoms with E-state index in [2.05, 4.69) is 16.0 Å². The number of para-hydroxylation sites is 1. The molecule has 0 bridgehead atoms. The molecule has 2 aromatic heterocycles. The van der Waals surface area contributed by atoms with E-state index in [0.29, 0.717) is 11.5 Å². The fourth-order valence-electron chi connectivity index (χ4n) is 1.67. The van der Waals surface area contributed by atoms with Crippen LogP contribution in [-0.2, 0) is 0 Å². The van der Waals surface area contributed by atoms with E-state index in [1.807, 2.05) is 30.3 Å². The van der Waals surface area contributed by atoms with Gasteiger partial charge in [-0.05, 0) is 24.3 Å². The summed E-state index contributed by atoms with van der Waals surface area (Å²) in [5, 5.41) is 2.14. The third-order valence-electron chi connectivity index (χ3n) is 2.40. The smallest absolute Gasteiger partial charge is 0.162 e. The minimum atomic E-state index is 0.505. The van der Waals surface area contributed by atoms with Crippen molar-refractivity contribution in [1.29, 1.82) is 0 Å². The Balaban J connectivity index is 2.47. The van der Waals surface area contributed by atoms with Gasteiger partial charge < -0.3 is 5.73 Å². The van der Waals surface area contributed by atoms with E-state index >= 15 is 0 Å². The summed E-state index contributed by atoms with van der Waals surface area (Å²) in [7, 11) is 0. The first-order valence-corrected chi connectivity index (χ1v) is 4.75. The molecule has 0 aliphatic heterocycles. The van der Waals surface area contributed by atoms with Gasteiger partial charge in [0.2, 0.25) is 0 Å². The lowest BCUT2D eigenvalue weighted by Gasteiger charge is -2.00. The summed E-state index contributed by atoms with van der Waals surface area (Å²) in [5.41, 5.74) is 7.27. The van der Waals surface area contributed by atoms with Crippen molar-refractivity contribution < 1.29 is 0 Å². The largest absolute Gasteiger partial charge is 0.384 e. The van der Waals surface area contributed by atoms with E-state index < -0.39 is 0 Å². The molecule has 0 aliphatic carbocycles. The van der Waals surface area contributed by atoms with Crippen molar-refractivity contribution in [3.63, 3.8) is 0 Å². The highest BCUT2D eigenvalue weighted by Crippen LogP contribution is 2.18. The van der Waals surface area contributed by atoms with Gasteiger partial charge in [0.15, 0.2) is 5.65 Å². The van der Waals surface area contributed by atoms with E-state index in [1.54, 1.807) is 6.07 Å². The van der Waals surface area contributed by atoms with Crippen molar-refractivity contribution >= 4 is 27.8 Å². The predicted octanol–water partition coefficient (Wildman–Crippen LogP) is 2.37. The summed E-state index contributed by atoms with van der Waals surface area (Å²) in [6.07, 6.45) is 0. The number of fused-ring (bicyclic) bond motifs is 2. The normalized spacial score (nSPS) is 10.9. The standard InChI is InChI=1S/C12H9N3/c13-11-6-5-9-7-8-3-1-2-4-10(8)14-12(9)15-11/h1-7H,(H2,13,14,15). The maximum Gasteiger partial charge on any atom is 0.162 e. The number of hydrogen-bond acceptors (Lipinski definition) is 3. The molecule has 3 aromatic rings. The summed E-state index contributed by atoms with van der Waals surface area (Å²) in [4.78, 5) is 8.64. The average Bonchev–Trinajstić information content (AvgIpc) is 2.26. The molecular weight excluding hydrogens is 186 g/mol. The minimum absolute atomic E-state index is 0.505. The predicted molar refractivity (Wildman–Crippen MR) is 61.5 cm³/mol. The number of pyridine rings is 2. The Morgan fingerprint density at radius 1 is 0.867 bits per heavy atom. The Kier molecular flexibility index (Phi) is 1.59. The number of hydrogen-bond donors (Lipinski definition) is 1. The number of nitrogens with zero attached hydrogens (tertiary/aromatic N) is 2. The molecule has 0 atom stereocenters. The zero-order chi connectivity index (χ0) is 10.3. The topological polar surface area (TPSA) is 51.8 Å². The van der Waals surface area contributed by atoms with Gasteiger partial charge in [-0.2, -0.15) is 0 Å². The maximum atomic E-state index is 5.62. The van der Waals surface area contributed by atoms with Crippen LogP contribution >= 0.6 is 0 Å². The highest BCUT2D eigenvalue weighted by atomic mass is 14.9. The van der Waals surface area contributed by atoms with Gasteiger partial charge in [0.05, 0.1) is 5.52 Å². The molecule has 0 fully saturated rings. The van der Waals surface area contributed by atoms with Crippen LogP contribution in [0.5, 0.6) is 0 Å². The molecule has 0 amide bonds. The molecule has 2 heterocycles. The van der Waals surface area contributed by atoms with Crippen LogP contribution in [0.25, 0.3) is 21.9 Å². The van der Waals surface area contributed by atoms with Crippen molar-refractivity contribution in [1.82, 2.24) is 9.97 Å². The summed E-state index contributed by atoms with van der Waals surface area (Å²) < 4.78 is 0. The third kappa shape index (κ3) is 1.29. The van der Waals surface area contributed by atoms with Crippen molar-refractivity contribution in [3.05, 3.63) is 42.5 Å². The van der Waals surface area contributed by atoms with Crippen molar-refractivity contribution in [2.45, 2.75) is 0 Å². The van der Waals surface area contributed by atoms with Gasteiger partial charge in [0, 0.05) is 10.8 Å². The molecular formula is C12H9N3. The van der Waals surface area contributed by atoms with Crippen LogP contribution in [0.4, 0.5) is 5.82 Å². The third-order valence-corrected chi connectivity index (χ3v) is 2.40. The molecule has 1 aromatic carbocycles. The average molecular weight is 195 g/mol. The second-order valence-corrected chi connectivity index (χ2v) is 3.46. The van der Waals surface area contributed by atoms with Crippen molar-refractivity contribution in [3.8, 4) is 0 Å². The van der Waals surface area contributed by atoms with Crippen LogP contribution in [-0.4, -0.2) is 9.97 Å². The molecule has 0 unspecified atom stereocenters. The first-order valence-electron chi connectivity index (χ1n) is 4.75. The Bertz CT molecular complexity index is 646. The van der Waals surface area contributed by atoms with Crippen LogP contribution in [0, 0.1) is 0 Å². The van der Waals surface area contributed by atoms with Gasteiger partial charge in [0.1, 0.15) is 5.82 Å². The molecule has 2 N–H and O–H groups in total. The highest BCUT2D eigenvalue weighted by molar-refractivity contribution is 5.91. The number of aromatic nitrogens is 2. The molecule has 3 heteroatoms. The van der Waals surface area contributed by atoms with Crippen LogP contribution < -0.4 is 5.73 Å². The number of nitrogen functional groups attached to an aromatic ring is 1. The zero-order valence-corrected chi connectivity index (χ0v) is 8.01. The van der Waals surface area contributed by atoms with E-state index in [0.717, 1.165) is 16.3 Å². The first kappa shape index (κ1) is 8.17. The maximum absolute atomic E-state index is 5.62. The Morgan fingerprint density at radius 2 is 1.73 bits per heavy atom. The van der Waals surface area contributed by atoms with E-state index in [-0.39, 0.29) is 0 Å². The summed E-state index contributed by atoms with van der Waals surface area (Å²) in [6, 6.07) is 13.8. The lowest BCUT2D eigenvalue weighted by Crippen LogP contribution is -1.91. The van der Waals surface area contributed by atoms with E-state index in [9.17, 15) is 0 Å². The van der Waals surface area contributed by atoms with E-state index in [4.69, 9.17) is 5.73 Å². The molecule has 15 heavy (non-hydrogen) atoms. The summed E-state index contributed by atoms with van der Waals surface area (Å²) in [5.74, 6) is 0.505. The summed E-state index contributed by atoms with van der Waals surface area (Å²) in [6.45, 7) is 0. The Hall–Kier alpha value is -2.16. The Labute approximate surface area is 86.6 Å². The van der Waals surface area contributed by atoms with Crippen LogP contribution in [0.15, 0.2) is 42.5 Å². The fraction of sp³-hybridized carbons (Fsp3) is 0. The second kappa shape index (κ2) is 2.92. The van der Waals surface area contributed by atoms with Crippen molar-refractivity contribution in [2.24, 2.45) is 0 Å². The molecule has 3 nitrogen and oxygen atoms in total. The SMILES string of the molecule is Nc1ccc2cc3ccccc3nc2n1. The Morgan fingerprint density at radius 3 is 2.67 bits per heavy atom. The lowest BCUT2D eigenvalue weighted by atomic mass is 10.2. The number of benzene rings is 1. The van der Waals surface area contributed by atoms with Crippen molar-refractivity contribution in [2.75, 3.05) is 5.73 Å². The fourth-order valence-corrected chi connectivity index (χ4v) is 1.67. The minimum Gasteiger partial charge on any atom is -0.384 e. The molecule has 72 valence electrons. The van der Waals surface area contributed by atoms with E-state index in [1.165, 1.54) is 0 Å². The number of rotatable bonds is 0. The molecule has 3 rings (SSSR count). The molecule has 0 aliphatic rings. The van der Waals surface area contributed by atoms with Gasteiger partial charge in [-0.15, -0.1) is 0 Å². The molecule has 0 saturated carbocycles. The molecule has 0 spiro atoms. The first-order chi connectivity index (χ1) is 7.33.